The number of aromatic nitrogens is 2. The smallest absolute Gasteiger partial charge is 0.290 e. The van der Waals surface area contributed by atoms with Gasteiger partial charge in [0.2, 0.25) is 5.95 Å². The van der Waals surface area contributed by atoms with Crippen LogP contribution in [0.15, 0.2) is 64.2 Å². The van der Waals surface area contributed by atoms with Gasteiger partial charge in [-0.1, -0.05) is 18.2 Å². The zero-order valence-electron chi connectivity index (χ0n) is 18.5. The van der Waals surface area contributed by atoms with Crippen LogP contribution in [0.1, 0.15) is 36.9 Å². The van der Waals surface area contributed by atoms with Gasteiger partial charge in [-0.25, -0.2) is 9.97 Å². The molecule has 2 fully saturated rings. The number of hydrogen-bond acceptors (Lipinski definition) is 8. The minimum Gasteiger partial charge on any atom is -0.464 e. The summed E-state index contributed by atoms with van der Waals surface area (Å²) >= 11 is 0.882. The van der Waals surface area contributed by atoms with E-state index in [1.54, 1.807) is 24.6 Å². The van der Waals surface area contributed by atoms with Gasteiger partial charge in [0, 0.05) is 30.4 Å². The van der Waals surface area contributed by atoms with Gasteiger partial charge in [0.1, 0.15) is 5.76 Å². The predicted molar refractivity (Wildman–Crippen MR) is 132 cm³/mol. The fourth-order valence-electron chi connectivity index (χ4n) is 4.24. The summed E-state index contributed by atoms with van der Waals surface area (Å²) in [6.45, 7) is 0.825. The first-order valence-electron chi connectivity index (χ1n) is 11.3. The maximum atomic E-state index is 11.7. The molecule has 8 nitrogen and oxygen atoms in total. The van der Waals surface area contributed by atoms with Gasteiger partial charge in [-0.2, -0.15) is 0 Å². The Bertz CT molecular complexity index is 1200. The van der Waals surface area contributed by atoms with Gasteiger partial charge in [0.05, 0.1) is 16.9 Å². The van der Waals surface area contributed by atoms with E-state index < -0.39 is 0 Å². The van der Waals surface area contributed by atoms with Gasteiger partial charge in [-0.15, -0.1) is 0 Å². The second-order valence-electron chi connectivity index (χ2n) is 8.41. The van der Waals surface area contributed by atoms with Crippen LogP contribution in [0.4, 0.5) is 10.7 Å². The summed E-state index contributed by atoms with van der Waals surface area (Å²) in [5.41, 5.74) is 2.93. The molecular weight excluding hydrogens is 450 g/mol. The molecule has 9 heteroatoms. The van der Waals surface area contributed by atoms with Gasteiger partial charge in [-0.05, 0) is 73.4 Å². The lowest BCUT2D eigenvalue weighted by Gasteiger charge is -2.30. The highest BCUT2D eigenvalue weighted by atomic mass is 32.2. The van der Waals surface area contributed by atoms with Crippen molar-refractivity contribution in [3.63, 3.8) is 0 Å². The number of benzene rings is 1. The summed E-state index contributed by atoms with van der Waals surface area (Å²) in [4.78, 5) is 32.2. The van der Waals surface area contributed by atoms with Crippen LogP contribution in [-0.4, -0.2) is 33.2 Å². The molecule has 2 aliphatic rings. The number of amides is 2. The number of nitrogens with one attached hydrogen (secondary N) is 3. The molecule has 0 bridgehead atoms. The van der Waals surface area contributed by atoms with Crippen molar-refractivity contribution in [3.05, 3.63) is 71.1 Å². The van der Waals surface area contributed by atoms with E-state index in [4.69, 9.17) is 4.42 Å². The number of anilines is 1. The molecule has 1 aliphatic heterocycles. The molecule has 174 valence electrons. The van der Waals surface area contributed by atoms with Crippen LogP contribution in [0, 0.1) is 0 Å². The Morgan fingerprint density at radius 3 is 2.71 bits per heavy atom. The quantitative estimate of drug-likeness (QED) is 0.426. The average Bonchev–Trinajstić information content (AvgIpc) is 3.49. The highest BCUT2D eigenvalue weighted by molar-refractivity contribution is 8.18. The van der Waals surface area contributed by atoms with Crippen molar-refractivity contribution in [2.24, 2.45) is 0 Å². The summed E-state index contributed by atoms with van der Waals surface area (Å²) in [5.74, 6) is 1.03. The van der Waals surface area contributed by atoms with Gasteiger partial charge < -0.3 is 15.1 Å². The van der Waals surface area contributed by atoms with Crippen LogP contribution in [0.5, 0.6) is 0 Å². The summed E-state index contributed by atoms with van der Waals surface area (Å²) < 4.78 is 5.51. The van der Waals surface area contributed by atoms with Crippen LogP contribution < -0.4 is 16.0 Å². The first-order valence-corrected chi connectivity index (χ1v) is 12.1. The monoisotopic (exact) mass is 475 g/mol. The van der Waals surface area contributed by atoms with Gasteiger partial charge in [0.25, 0.3) is 11.1 Å². The van der Waals surface area contributed by atoms with E-state index in [2.05, 4.69) is 50.2 Å². The van der Waals surface area contributed by atoms with Gasteiger partial charge in [-0.3, -0.25) is 14.9 Å². The number of rotatable bonds is 7. The standard InChI is InChI=1S/C25H25N5O3S/c31-23-22(34-25(32)30-23)14-20-10-11-26-24(29-20)28-19-8-6-18(7-9-19)27-15-16-3-1-4-17(13-16)21-5-2-12-33-21/h1-5,10-14,18-19,27H,6-9,15H2,(H,26,28,29)(H,30,31,32)/b22-14+. The predicted octanol–water partition coefficient (Wildman–Crippen LogP) is 4.57. The van der Waals surface area contributed by atoms with E-state index in [9.17, 15) is 9.59 Å². The molecular formula is C25H25N5O3S. The Labute approximate surface area is 201 Å². The maximum absolute atomic E-state index is 11.7. The normalized spacial score (nSPS) is 21.6. The lowest BCUT2D eigenvalue weighted by atomic mass is 9.91. The van der Waals surface area contributed by atoms with Crippen LogP contribution in [0.3, 0.4) is 0 Å². The number of hydrogen-bond donors (Lipinski definition) is 3. The largest absolute Gasteiger partial charge is 0.464 e. The van der Waals surface area contributed by atoms with E-state index in [1.807, 2.05) is 12.1 Å². The van der Waals surface area contributed by atoms with Crippen molar-refractivity contribution in [2.75, 3.05) is 5.32 Å². The minimum atomic E-state index is -0.387. The zero-order chi connectivity index (χ0) is 23.3. The summed E-state index contributed by atoms with van der Waals surface area (Å²) in [6, 6.07) is 14.8. The maximum Gasteiger partial charge on any atom is 0.290 e. The number of furan rings is 1. The van der Waals surface area contributed by atoms with Crippen LogP contribution in [-0.2, 0) is 11.3 Å². The molecule has 3 aromatic rings. The first-order chi connectivity index (χ1) is 16.6. The Balaban J connectivity index is 1.11. The molecule has 34 heavy (non-hydrogen) atoms. The topological polar surface area (TPSA) is 109 Å². The molecule has 0 spiro atoms. The highest BCUT2D eigenvalue weighted by Gasteiger charge is 2.25. The molecule has 2 amide bonds. The third kappa shape index (κ3) is 5.55. The zero-order valence-corrected chi connectivity index (χ0v) is 19.3. The van der Waals surface area contributed by atoms with E-state index in [-0.39, 0.29) is 11.1 Å². The molecule has 5 rings (SSSR count). The lowest BCUT2D eigenvalue weighted by Crippen LogP contribution is -2.36. The van der Waals surface area contributed by atoms with E-state index in [0.717, 1.165) is 55.3 Å². The minimum absolute atomic E-state index is 0.300. The molecule has 3 N–H and O–H groups in total. The molecule has 1 saturated carbocycles. The van der Waals surface area contributed by atoms with Gasteiger partial charge in [0.15, 0.2) is 0 Å². The molecule has 1 aliphatic carbocycles. The van der Waals surface area contributed by atoms with Gasteiger partial charge >= 0.3 is 0 Å². The van der Waals surface area contributed by atoms with Crippen molar-refractivity contribution in [1.29, 1.82) is 0 Å². The third-order valence-electron chi connectivity index (χ3n) is 5.99. The number of nitrogens with zero attached hydrogens (tertiary/aromatic N) is 2. The van der Waals surface area contributed by atoms with Crippen molar-refractivity contribution in [2.45, 2.75) is 44.3 Å². The second-order valence-corrected chi connectivity index (χ2v) is 9.42. The molecule has 2 aromatic heterocycles. The molecule has 1 saturated heterocycles. The Hall–Kier alpha value is -3.43. The Morgan fingerprint density at radius 1 is 1.09 bits per heavy atom. The van der Waals surface area contributed by atoms with Crippen molar-refractivity contribution in [3.8, 4) is 11.3 Å². The SMILES string of the molecule is O=C1NC(=O)/C(=C\c2ccnc(NC3CCC(NCc4cccc(-c5ccco5)c4)CC3)n2)S1. The highest BCUT2D eigenvalue weighted by Crippen LogP contribution is 2.26. The Morgan fingerprint density at radius 2 is 1.94 bits per heavy atom. The van der Waals surface area contributed by atoms with Crippen LogP contribution in [0.2, 0.25) is 0 Å². The molecule has 0 unspecified atom stereocenters. The first kappa shape index (κ1) is 22.4. The number of carbonyl (C=O) groups excluding carboxylic acids is 2. The molecule has 3 heterocycles. The number of thioether (sulfide) groups is 1. The molecule has 0 radical (unpaired) electrons. The lowest BCUT2D eigenvalue weighted by molar-refractivity contribution is -0.115. The number of imide groups is 1. The summed E-state index contributed by atoms with van der Waals surface area (Å²) in [5, 5.41) is 8.99. The Kier molecular flexibility index (Phi) is 6.73. The summed E-state index contributed by atoms with van der Waals surface area (Å²) in [6.07, 6.45) is 9.14. The molecule has 1 aromatic carbocycles. The van der Waals surface area contributed by atoms with E-state index in [1.165, 1.54) is 5.56 Å². The van der Waals surface area contributed by atoms with E-state index in [0.29, 0.717) is 28.6 Å². The molecule has 0 atom stereocenters. The van der Waals surface area contributed by atoms with Crippen molar-refractivity contribution >= 4 is 34.9 Å². The third-order valence-corrected chi connectivity index (χ3v) is 6.80. The fraction of sp³-hybridized carbons (Fsp3) is 0.280. The van der Waals surface area contributed by atoms with Crippen molar-refractivity contribution in [1.82, 2.24) is 20.6 Å². The van der Waals surface area contributed by atoms with Crippen molar-refractivity contribution < 1.29 is 14.0 Å². The number of carbonyl (C=O) groups is 2. The average molecular weight is 476 g/mol. The fourth-order valence-corrected chi connectivity index (χ4v) is 4.91. The van der Waals surface area contributed by atoms with Crippen LogP contribution >= 0.6 is 11.8 Å². The summed E-state index contributed by atoms with van der Waals surface area (Å²) in [7, 11) is 0. The van der Waals surface area contributed by atoms with E-state index >= 15 is 0 Å². The second kappa shape index (κ2) is 10.2. The van der Waals surface area contributed by atoms with Crippen LogP contribution in [0.25, 0.3) is 17.4 Å².